The molecule has 0 aliphatic heterocycles. The molecule has 0 spiro atoms. The first kappa shape index (κ1) is 18.4. The molecule has 1 N–H and O–H groups in total. The number of nitrogens with one attached hydrogen (secondary N) is 1. The predicted molar refractivity (Wildman–Crippen MR) is 101 cm³/mol. The highest BCUT2D eigenvalue weighted by atomic mass is 16.6. The topological polar surface area (TPSA) is 86.5 Å². The number of carbonyl (C=O) groups excluding carboxylic acids is 1. The fraction of sp³-hybridized carbons (Fsp3) is 0.250. The molecular formula is C20H21N3O4. The summed E-state index contributed by atoms with van der Waals surface area (Å²) >= 11 is 0. The summed E-state index contributed by atoms with van der Waals surface area (Å²) in [7, 11) is 0. The van der Waals surface area contributed by atoms with Crippen LogP contribution in [0.3, 0.4) is 0 Å². The van der Waals surface area contributed by atoms with E-state index in [1.54, 1.807) is 0 Å². The van der Waals surface area contributed by atoms with E-state index in [0.29, 0.717) is 18.1 Å². The van der Waals surface area contributed by atoms with Crippen molar-refractivity contribution in [1.82, 2.24) is 10.3 Å². The van der Waals surface area contributed by atoms with Gasteiger partial charge in [-0.2, -0.15) is 0 Å². The van der Waals surface area contributed by atoms with E-state index in [1.165, 1.54) is 5.56 Å². The van der Waals surface area contributed by atoms with Gasteiger partial charge in [0.1, 0.15) is 11.5 Å². The largest absolute Gasteiger partial charge is 0.494 e. The lowest BCUT2D eigenvalue weighted by Crippen LogP contribution is -2.20. The second-order valence-electron chi connectivity index (χ2n) is 5.75. The molecule has 0 aliphatic rings. The molecule has 2 aromatic carbocycles. The minimum Gasteiger partial charge on any atom is -0.494 e. The van der Waals surface area contributed by atoms with Gasteiger partial charge in [0.05, 0.1) is 6.61 Å². The van der Waals surface area contributed by atoms with Crippen molar-refractivity contribution in [3.63, 3.8) is 0 Å². The number of ether oxygens (including phenoxy) is 2. The maximum atomic E-state index is 12.2. The Balaban J connectivity index is 1.60. The van der Waals surface area contributed by atoms with Crippen LogP contribution in [0, 0.1) is 0 Å². The third-order valence-corrected chi connectivity index (χ3v) is 3.89. The third kappa shape index (κ3) is 4.84. The number of hydrogen-bond acceptors (Lipinski definition) is 6. The van der Waals surface area contributed by atoms with Gasteiger partial charge in [-0.3, -0.25) is 4.79 Å². The van der Waals surface area contributed by atoms with Gasteiger partial charge in [0.25, 0.3) is 5.91 Å². The van der Waals surface area contributed by atoms with E-state index in [-0.39, 0.29) is 18.3 Å². The lowest BCUT2D eigenvalue weighted by atomic mass is 10.1. The van der Waals surface area contributed by atoms with Gasteiger partial charge >= 0.3 is 0 Å². The summed E-state index contributed by atoms with van der Waals surface area (Å²) in [5, 5.41) is 10.3. The highest BCUT2D eigenvalue weighted by Gasteiger charge is 2.15. The number of carbonyl (C=O) groups is 1. The molecule has 0 bridgehead atoms. The Morgan fingerprint density at radius 2 is 1.63 bits per heavy atom. The second-order valence-corrected chi connectivity index (χ2v) is 5.75. The molecule has 1 heterocycles. The van der Waals surface area contributed by atoms with Gasteiger partial charge in [-0.15, -0.1) is 0 Å². The van der Waals surface area contributed by atoms with Crippen LogP contribution in [0.5, 0.6) is 11.5 Å². The Morgan fingerprint density at radius 3 is 2.30 bits per heavy atom. The summed E-state index contributed by atoms with van der Waals surface area (Å²) in [6.07, 6.45) is 0.953. The predicted octanol–water partition coefficient (Wildman–Crippen LogP) is 3.72. The van der Waals surface area contributed by atoms with E-state index >= 15 is 0 Å². The van der Waals surface area contributed by atoms with E-state index < -0.39 is 0 Å². The summed E-state index contributed by atoms with van der Waals surface area (Å²) < 4.78 is 15.7. The number of aryl methyl sites for hydroxylation is 1. The van der Waals surface area contributed by atoms with Crippen LogP contribution in [0.15, 0.2) is 53.2 Å². The first-order valence-electron chi connectivity index (χ1n) is 8.77. The Labute approximate surface area is 157 Å². The smallest absolute Gasteiger partial charge is 0.263 e. The fourth-order valence-electron chi connectivity index (χ4n) is 2.47. The quantitative estimate of drug-likeness (QED) is 0.653. The van der Waals surface area contributed by atoms with Gasteiger partial charge < -0.3 is 14.8 Å². The summed E-state index contributed by atoms with van der Waals surface area (Å²) in [5.41, 5.74) is 2.41. The van der Waals surface area contributed by atoms with Gasteiger partial charge in [-0.05, 0) is 65.6 Å². The molecular weight excluding hydrogens is 346 g/mol. The average molecular weight is 367 g/mol. The van der Waals surface area contributed by atoms with Gasteiger partial charge in [0.2, 0.25) is 5.82 Å². The summed E-state index contributed by atoms with van der Waals surface area (Å²) in [6.45, 7) is 4.45. The molecule has 7 nitrogen and oxygen atoms in total. The lowest BCUT2D eigenvalue weighted by Gasteiger charge is -2.07. The molecule has 0 saturated heterocycles. The van der Waals surface area contributed by atoms with Crippen molar-refractivity contribution in [3.8, 4) is 22.8 Å². The molecule has 0 saturated carbocycles. The molecule has 140 valence electrons. The van der Waals surface area contributed by atoms with Gasteiger partial charge in [-0.25, -0.2) is 4.63 Å². The Kier molecular flexibility index (Phi) is 6.04. The van der Waals surface area contributed by atoms with E-state index in [1.807, 2.05) is 55.5 Å². The van der Waals surface area contributed by atoms with Gasteiger partial charge in [0.15, 0.2) is 12.3 Å². The second kappa shape index (κ2) is 8.84. The minimum atomic E-state index is -0.350. The maximum absolute atomic E-state index is 12.2. The Bertz CT molecular complexity index is 873. The molecule has 7 heteroatoms. The van der Waals surface area contributed by atoms with E-state index in [2.05, 4.69) is 22.6 Å². The number of rotatable bonds is 8. The highest BCUT2D eigenvalue weighted by molar-refractivity contribution is 5.94. The zero-order valence-electron chi connectivity index (χ0n) is 15.3. The van der Waals surface area contributed by atoms with E-state index in [0.717, 1.165) is 17.7 Å². The Morgan fingerprint density at radius 1 is 0.963 bits per heavy atom. The van der Waals surface area contributed by atoms with Crippen molar-refractivity contribution in [2.75, 3.05) is 18.5 Å². The number of aromatic nitrogens is 2. The molecule has 0 radical (unpaired) electrons. The normalized spacial score (nSPS) is 10.4. The molecule has 0 aliphatic carbocycles. The zero-order chi connectivity index (χ0) is 19.1. The van der Waals surface area contributed by atoms with Crippen LogP contribution in [0.2, 0.25) is 0 Å². The molecule has 27 heavy (non-hydrogen) atoms. The van der Waals surface area contributed by atoms with Crippen molar-refractivity contribution in [2.24, 2.45) is 0 Å². The SMILES string of the molecule is CCOc1ccc(-c2nonc2NC(=O)COc2ccc(CC)cc2)cc1. The number of hydrogen-bond donors (Lipinski definition) is 1. The maximum Gasteiger partial charge on any atom is 0.263 e. The van der Waals surface area contributed by atoms with Crippen LogP contribution < -0.4 is 14.8 Å². The molecule has 1 aromatic heterocycles. The Hall–Kier alpha value is -3.35. The molecule has 0 fully saturated rings. The van der Waals surface area contributed by atoms with Crippen LogP contribution in [0.1, 0.15) is 19.4 Å². The first-order valence-corrected chi connectivity index (χ1v) is 8.77. The zero-order valence-corrected chi connectivity index (χ0v) is 15.3. The lowest BCUT2D eigenvalue weighted by molar-refractivity contribution is -0.118. The van der Waals surface area contributed by atoms with Crippen LogP contribution in [0.4, 0.5) is 5.82 Å². The molecule has 3 aromatic rings. The molecule has 0 atom stereocenters. The summed E-state index contributed by atoms with van der Waals surface area (Å²) in [5.74, 6) is 1.28. The summed E-state index contributed by atoms with van der Waals surface area (Å²) in [4.78, 5) is 12.2. The van der Waals surface area contributed by atoms with Crippen molar-refractivity contribution >= 4 is 11.7 Å². The van der Waals surface area contributed by atoms with Gasteiger partial charge in [-0.1, -0.05) is 19.1 Å². The van der Waals surface area contributed by atoms with E-state index in [4.69, 9.17) is 14.1 Å². The standard InChI is InChI=1S/C20H21N3O4/c1-3-14-5-9-17(10-6-14)26-13-18(24)21-20-19(22-27-23-20)15-7-11-16(12-8-15)25-4-2/h5-12H,3-4,13H2,1-2H3,(H,21,23,24). The van der Waals surface area contributed by atoms with Crippen LogP contribution >= 0.6 is 0 Å². The minimum absolute atomic E-state index is 0.138. The van der Waals surface area contributed by atoms with Crippen molar-refractivity contribution < 1.29 is 18.9 Å². The fourth-order valence-corrected chi connectivity index (χ4v) is 2.47. The summed E-state index contributed by atoms with van der Waals surface area (Å²) in [6, 6.07) is 14.9. The number of amides is 1. The van der Waals surface area contributed by atoms with Crippen molar-refractivity contribution in [2.45, 2.75) is 20.3 Å². The van der Waals surface area contributed by atoms with Gasteiger partial charge in [0, 0.05) is 5.56 Å². The number of anilines is 1. The van der Waals surface area contributed by atoms with Crippen LogP contribution in [0.25, 0.3) is 11.3 Å². The first-order chi connectivity index (χ1) is 13.2. The third-order valence-electron chi connectivity index (χ3n) is 3.89. The average Bonchev–Trinajstić information content (AvgIpc) is 3.15. The monoisotopic (exact) mass is 367 g/mol. The van der Waals surface area contributed by atoms with Crippen molar-refractivity contribution in [3.05, 3.63) is 54.1 Å². The molecule has 1 amide bonds. The highest BCUT2D eigenvalue weighted by Crippen LogP contribution is 2.26. The van der Waals surface area contributed by atoms with Crippen LogP contribution in [-0.2, 0) is 11.2 Å². The van der Waals surface area contributed by atoms with Crippen molar-refractivity contribution in [1.29, 1.82) is 0 Å². The number of benzene rings is 2. The van der Waals surface area contributed by atoms with Crippen LogP contribution in [-0.4, -0.2) is 29.4 Å². The molecule has 3 rings (SSSR count). The van der Waals surface area contributed by atoms with E-state index in [9.17, 15) is 4.79 Å². The molecule has 0 unspecified atom stereocenters. The number of nitrogens with zero attached hydrogens (tertiary/aromatic N) is 2.